The van der Waals surface area contributed by atoms with Crippen LogP contribution < -0.4 is 26.1 Å². The second kappa shape index (κ2) is 15.1. The molecule has 4 aromatic rings. The van der Waals surface area contributed by atoms with Crippen LogP contribution in [0.4, 0.5) is 17.1 Å². The molecule has 0 bridgehead atoms. The molecular weight excluding hydrogens is 745 g/mol. The molecule has 17 heteroatoms. The molecule has 1 aliphatic rings. The van der Waals surface area contributed by atoms with Gasteiger partial charge in [0.05, 0.1) is 33.0 Å². The van der Waals surface area contributed by atoms with Gasteiger partial charge in [0.2, 0.25) is 0 Å². The molecule has 1 fully saturated rings. The molecule has 2 amide bonds. The summed E-state index contributed by atoms with van der Waals surface area (Å²) < 4.78 is 6.55. The van der Waals surface area contributed by atoms with Crippen molar-refractivity contribution in [3.63, 3.8) is 0 Å². The zero-order valence-corrected chi connectivity index (χ0v) is 28.2. The van der Waals surface area contributed by atoms with Gasteiger partial charge in [-0.25, -0.2) is 9.89 Å². The largest absolute Gasteiger partial charge is 0.595 e. The Bertz CT molecular complexity index is 1760. The second-order valence-electron chi connectivity index (χ2n) is 10.4. The zero-order chi connectivity index (χ0) is 33.7. The lowest BCUT2D eigenvalue weighted by Crippen LogP contribution is -2.99. The lowest BCUT2D eigenvalue weighted by Gasteiger charge is -2.37. The molecule has 3 aromatic carbocycles. The maximum Gasteiger partial charge on any atom is 0.255 e. The Morgan fingerprint density at radius 1 is 1.13 bits per heavy atom. The van der Waals surface area contributed by atoms with E-state index in [1.807, 2.05) is 29.2 Å². The summed E-state index contributed by atoms with van der Waals surface area (Å²) >= 11 is 8.75. The summed E-state index contributed by atoms with van der Waals surface area (Å²) in [5, 5.41) is 34.6. The highest BCUT2D eigenvalue weighted by molar-refractivity contribution is 14.1. The Kier molecular flexibility index (Phi) is 10.9. The van der Waals surface area contributed by atoms with Gasteiger partial charge >= 0.3 is 0 Å². The highest BCUT2D eigenvalue weighted by Gasteiger charge is 2.32. The van der Waals surface area contributed by atoms with E-state index in [9.17, 15) is 20.0 Å². The predicted octanol–water partition coefficient (Wildman–Crippen LogP) is 2.97. The third kappa shape index (κ3) is 7.47. The van der Waals surface area contributed by atoms with Crippen molar-refractivity contribution >= 4 is 63.1 Å². The molecule has 1 saturated heterocycles. The second-order valence-corrected chi connectivity index (χ2v) is 12.0. The van der Waals surface area contributed by atoms with E-state index in [1.54, 1.807) is 43.2 Å². The van der Waals surface area contributed by atoms with Gasteiger partial charge in [-0.1, -0.05) is 52.4 Å². The fourth-order valence-corrected chi connectivity index (χ4v) is 6.68. The highest BCUT2D eigenvalue weighted by Crippen LogP contribution is 2.40. The van der Waals surface area contributed by atoms with Crippen molar-refractivity contribution in [3.05, 3.63) is 99.7 Å². The lowest BCUT2D eigenvalue weighted by molar-refractivity contribution is -0.990. The van der Waals surface area contributed by atoms with E-state index in [0.717, 1.165) is 5.56 Å². The van der Waals surface area contributed by atoms with Gasteiger partial charge in [0.25, 0.3) is 11.8 Å². The number of benzene rings is 3. The number of nitrogens with two attached hydrogens (primary N) is 1. The molecule has 0 saturated carbocycles. The minimum absolute atomic E-state index is 0.0791. The van der Waals surface area contributed by atoms with Gasteiger partial charge < -0.3 is 29.9 Å². The fraction of sp³-hybridized carbons (Fsp3) is 0.233. The molecule has 2 atom stereocenters. The number of piperazine rings is 1. The van der Waals surface area contributed by atoms with Gasteiger partial charge in [-0.15, -0.1) is 5.10 Å². The number of hydrogen-bond donors (Lipinski definition) is 4. The van der Waals surface area contributed by atoms with E-state index in [2.05, 4.69) is 43.4 Å². The zero-order valence-electron chi connectivity index (χ0n) is 25.3. The van der Waals surface area contributed by atoms with Crippen LogP contribution in [0.5, 0.6) is 5.75 Å². The Balaban J connectivity index is 1.33. The molecule has 246 valence electrons. The number of para-hydroxylation sites is 1. The molecule has 0 spiro atoms. The first-order valence-corrected chi connectivity index (χ1v) is 15.9. The third-order valence-corrected chi connectivity index (χ3v) is 9.26. The molecule has 5 rings (SSSR count). The first kappa shape index (κ1) is 34.0. The van der Waals surface area contributed by atoms with Crippen LogP contribution in [0.15, 0.2) is 78.3 Å². The number of nitrogens with one attached hydrogen (secondary N) is 2. The highest BCUT2D eigenvalue weighted by atomic mass is 127. The number of nitrogens with zero attached hydrogens (tertiary/aromatic N) is 6. The summed E-state index contributed by atoms with van der Waals surface area (Å²) in [5.74, 6) is 5.70. The van der Waals surface area contributed by atoms with Gasteiger partial charge in [0, 0.05) is 43.4 Å². The first-order chi connectivity index (χ1) is 22.6. The van der Waals surface area contributed by atoms with Crippen LogP contribution in [0.1, 0.15) is 26.8 Å². The van der Waals surface area contributed by atoms with E-state index >= 15 is 0 Å². The molecule has 47 heavy (non-hydrogen) atoms. The van der Waals surface area contributed by atoms with Gasteiger partial charge in [-0.05, 0) is 53.7 Å². The number of alkyl halides is 1. The topological polar surface area (TPSA) is 188 Å². The summed E-state index contributed by atoms with van der Waals surface area (Å²) in [4.78, 5) is 35.7. The normalized spacial score (nSPS) is 15.0. The van der Waals surface area contributed by atoms with E-state index in [-0.39, 0.29) is 22.3 Å². The summed E-state index contributed by atoms with van der Waals surface area (Å²) in [5.41, 5.74) is 2.57. The van der Waals surface area contributed by atoms with Crippen LogP contribution >= 0.6 is 34.2 Å². The number of ether oxygens (including phenoxy) is 1. The number of hydrogen-bond acceptors (Lipinski definition) is 11. The number of amides is 2. The minimum atomic E-state index is -1.25. The van der Waals surface area contributed by atoms with Gasteiger partial charge in [-0.2, -0.15) is 11.1 Å². The lowest BCUT2D eigenvalue weighted by atomic mass is 10.0. The molecule has 0 radical (unpaired) electrons. The van der Waals surface area contributed by atoms with Crippen LogP contribution in [0, 0.1) is 5.21 Å². The predicted molar refractivity (Wildman–Crippen MR) is 181 cm³/mol. The average Bonchev–Trinajstić information content (AvgIpc) is 3.64. The summed E-state index contributed by atoms with van der Waals surface area (Å²) in [6.07, 6.45) is 1.42. The summed E-state index contributed by atoms with van der Waals surface area (Å²) in [6, 6.07) is 16.8. The van der Waals surface area contributed by atoms with Crippen LogP contribution in [-0.4, -0.2) is 75.4 Å². The van der Waals surface area contributed by atoms with Gasteiger partial charge in [0.15, 0.2) is 5.69 Å². The fourth-order valence-electron chi connectivity index (χ4n) is 5.18. The SMILES string of the molecule is COc1ccccc1C(I)/C(C(=O)N1CCN(c2cc(NC(=O)c3ccc(-n4cnnn4)cc3)c([NH+]([O-])O)cc2Cl)CC1)=C(/C)ON. The summed E-state index contributed by atoms with van der Waals surface area (Å²) in [7, 11) is 1.57. The van der Waals surface area contributed by atoms with Crippen molar-refractivity contribution in [2.45, 2.75) is 10.8 Å². The van der Waals surface area contributed by atoms with Crippen LogP contribution in [0.2, 0.25) is 5.02 Å². The van der Waals surface area contributed by atoms with Crippen molar-refractivity contribution in [3.8, 4) is 11.4 Å². The molecule has 2 heterocycles. The Hall–Kier alpha value is -4.33. The smallest absolute Gasteiger partial charge is 0.255 e. The number of rotatable bonds is 10. The van der Waals surface area contributed by atoms with Crippen molar-refractivity contribution in [2.24, 2.45) is 5.90 Å². The maximum absolute atomic E-state index is 13.9. The Morgan fingerprint density at radius 3 is 2.45 bits per heavy atom. The van der Waals surface area contributed by atoms with E-state index in [4.69, 9.17) is 27.1 Å². The standard InChI is InChI=1S/C30H31ClIN9O6/c1-18(47-33)27(28(32)21-5-3-4-6-26(21)46-2)30(43)39-13-11-38(12-14-39)24-16-23(25(41(44)45)15-22(24)31)35-29(42)19-7-9-20(10-8-19)40-17-34-36-37-40/h3-10,15-17,28,41,44H,11-14,33H2,1-2H3,(H,35,42)/b27-18+. The molecule has 5 N–H and O–H groups in total. The van der Waals surface area contributed by atoms with E-state index in [1.165, 1.54) is 23.1 Å². The van der Waals surface area contributed by atoms with Crippen molar-refractivity contribution in [1.29, 1.82) is 0 Å². The third-order valence-electron chi connectivity index (χ3n) is 7.67. The Labute approximate surface area is 288 Å². The van der Waals surface area contributed by atoms with Gasteiger partial charge in [-0.3, -0.25) is 9.59 Å². The van der Waals surface area contributed by atoms with Crippen molar-refractivity contribution in [1.82, 2.24) is 25.1 Å². The number of carbonyl (C=O) groups is 2. The number of methoxy groups -OCH3 is 1. The van der Waals surface area contributed by atoms with Crippen molar-refractivity contribution < 1.29 is 29.6 Å². The van der Waals surface area contributed by atoms with Gasteiger partial charge in [0.1, 0.15) is 23.5 Å². The van der Waals surface area contributed by atoms with E-state index < -0.39 is 15.1 Å². The summed E-state index contributed by atoms with van der Waals surface area (Å²) in [6.45, 7) is 3.09. The van der Waals surface area contributed by atoms with Crippen LogP contribution in [0.3, 0.4) is 0 Å². The molecule has 0 aliphatic carbocycles. The number of anilines is 2. The molecule has 2 unspecified atom stereocenters. The number of tetrazole rings is 1. The molecule has 15 nitrogen and oxygen atoms in total. The monoisotopic (exact) mass is 775 g/mol. The minimum Gasteiger partial charge on any atom is -0.595 e. The molecule has 1 aliphatic heterocycles. The quantitative estimate of drug-likeness (QED) is 0.0610. The number of halogens is 2. The molecule has 1 aromatic heterocycles. The number of quaternary nitrogens is 1. The number of aromatic nitrogens is 4. The number of allylic oxidation sites excluding steroid dienone is 1. The van der Waals surface area contributed by atoms with Crippen molar-refractivity contribution in [2.75, 3.05) is 43.5 Å². The van der Waals surface area contributed by atoms with Crippen LogP contribution in [-0.2, 0) is 9.63 Å². The number of carbonyl (C=O) groups excluding carboxylic acids is 2. The molecular formula is C30H31ClIN9O6. The average molecular weight is 776 g/mol. The van der Waals surface area contributed by atoms with E-state index in [0.29, 0.717) is 60.2 Å². The maximum atomic E-state index is 13.9. The van der Waals surface area contributed by atoms with Crippen LogP contribution in [0.25, 0.3) is 5.69 Å². The first-order valence-electron chi connectivity index (χ1n) is 14.2. The Morgan fingerprint density at radius 2 is 1.83 bits per heavy atom.